The molecule has 0 aliphatic heterocycles. The van der Waals surface area contributed by atoms with Crippen LogP contribution in [-0.2, 0) is 12.0 Å². The maximum atomic E-state index is 4.44. The maximum Gasteiger partial charge on any atom is 0.0981 e. The van der Waals surface area contributed by atoms with E-state index in [4.69, 9.17) is 0 Å². The molecule has 0 saturated heterocycles. The predicted molar refractivity (Wildman–Crippen MR) is 67.3 cm³/mol. The molecule has 0 aliphatic rings. The topological polar surface area (TPSA) is 24.9 Å². The van der Waals surface area contributed by atoms with Gasteiger partial charge in [-0.1, -0.05) is 32.9 Å². The second kappa shape index (κ2) is 4.90. The van der Waals surface area contributed by atoms with E-state index in [-0.39, 0.29) is 5.41 Å². The van der Waals surface area contributed by atoms with Crippen LogP contribution in [0, 0.1) is 0 Å². The minimum absolute atomic E-state index is 0.164. The zero-order valence-corrected chi connectivity index (χ0v) is 10.9. The predicted octanol–water partition coefficient (Wildman–Crippen LogP) is 3.11. The molecule has 0 spiro atoms. The number of hydrogen-bond acceptors (Lipinski definition) is 3. The molecule has 0 fully saturated rings. The van der Waals surface area contributed by atoms with E-state index in [9.17, 15) is 0 Å². The van der Waals surface area contributed by atoms with Gasteiger partial charge in [-0.05, 0) is 6.92 Å². The van der Waals surface area contributed by atoms with E-state index in [1.165, 1.54) is 9.88 Å². The molecule has 0 amide bonds. The van der Waals surface area contributed by atoms with Crippen molar-refractivity contribution in [1.29, 1.82) is 0 Å². The van der Waals surface area contributed by atoms with Crippen LogP contribution >= 0.6 is 11.3 Å². The molecule has 1 aromatic heterocycles. The van der Waals surface area contributed by atoms with E-state index in [1.54, 1.807) is 11.3 Å². The molecule has 84 valence electrons. The van der Waals surface area contributed by atoms with Crippen molar-refractivity contribution in [2.24, 2.45) is 0 Å². The third kappa shape index (κ3) is 4.14. The molecule has 2 nitrogen and oxygen atoms in total. The Kier molecular flexibility index (Phi) is 4.05. The Bertz CT molecular complexity index is 334. The number of rotatable bonds is 4. The van der Waals surface area contributed by atoms with Gasteiger partial charge in [-0.25, -0.2) is 4.98 Å². The summed E-state index contributed by atoms with van der Waals surface area (Å²) in [4.78, 5) is 5.73. The van der Waals surface area contributed by atoms with Gasteiger partial charge in [-0.3, -0.25) is 0 Å². The van der Waals surface area contributed by atoms with Gasteiger partial charge < -0.3 is 5.32 Å². The number of aromatic nitrogens is 1. The highest BCUT2D eigenvalue weighted by molar-refractivity contribution is 7.11. The lowest BCUT2D eigenvalue weighted by molar-refractivity contribution is 0.585. The van der Waals surface area contributed by atoms with Crippen LogP contribution in [0.2, 0.25) is 0 Å². The molecule has 1 rings (SSSR count). The summed E-state index contributed by atoms with van der Waals surface area (Å²) in [6, 6.07) is 0. The van der Waals surface area contributed by atoms with E-state index in [1.807, 2.05) is 13.1 Å². The van der Waals surface area contributed by atoms with Gasteiger partial charge in [0.15, 0.2) is 0 Å². The van der Waals surface area contributed by atoms with Crippen LogP contribution < -0.4 is 5.32 Å². The van der Waals surface area contributed by atoms with E-state index >= 15 is 0 Å². The van der Waals surface area contributed by atoms with Gasteiger partial charge in [-0.15, -0.1) is 11.3 Å². The highest BCUT2D eigenvalue weighted by atomic mass is 32.1. The molecule has 0 atom stereocenters. The Morgan fingerprint density at radius 3 is 2.67 bits per heavy atom. The van der Waals surface area contributed by atoms with E-state index in [0.29, 0.717) is 0 Å². The Morgan fingerprint density at radius 2 is 2.20 bits per heavy atom. The largest absolute Gasteiger partial charge is 0.308 e. The third-order valence-electron chi connectivity index (χ3n) is 1.92. The highest BCUT2D eigenvalue weighted by Gasteiger charge is 2.17. The summed E-state index contributed by atoms with van der Waals surface area (Å²) in [6.45, 7) is 14.2. The molecule has 3 heteroatoms. The lowest BCUT2D eigenvalue weighted by Crippen LogP contribution is -2.14. The molecule has 0 radical (unpaired) electrons. The molecule has 0 bridgehead atoms. The van der Waals surface area contributed by atoms with E-state index < -0.39 is 0 Å². The molecule has 1 aromatic rings. The molecule has 0 unspecified atom stereocenters. The van der Waals surface area contributed by atoms with Crippen LogP contribution in [0.4, 0.5) is 0 Å². The summed E-state index contributed by atoms with van der Waals surface area (Å²) in [5.41, 5.74) is 1.33. The highest BCUT2D eigenvalue weighted by Crippen LogP contribution is 2.26. The fraction of sp³-hybridized carbons (Fsp3) is 0.583. The normalized spacial score (nSPS) is 11.7. The first-order valence-electron chi connectivity index (χ1n) is 5.20. The average molecular weight is 224 g/mol. The van der Waals surface area contributed by atoms with Crippen molar-refractivity contribution >= 4 is 11.3 Å². The third-order valence-corrected chi connectivity index (χ3v) is 3.34. The number of nitrogens with one attached hydrogen (secondary N) is 1. The van der Waals surface area contributed by atoms with E-state index in [2.05, 4.69) is 37.7 Å². The molecular formula is C12H20N2S. The lowest BCUT2D eigenvalue weighted by Gasteiger charge is -2.13. The van der Waals surface area contributed by atoms with Gasteiger partial charge in [0.05, 0.1) is 5.01 Å². The Labute approximate surface area is 96.4 Å². The van der Waals surface area contributed by atoms with Crippen LogP contribution in [0.1, 0.15) is 37.6 Å². The van der Waals surface area contributed by atoms with Gasteiger partial charge in [0.1, 0.15) is 0 Å². The number of nitrogens with zero attached hydrogens (tertiary/aromatic N) is 1. The smallest absolute Gasteiger partial charge is 0.0981 e. The first-order valence-corrected chi connectivity index (χ1v) is 6.01. The summed E-state index contributed by atoms with van der Waals surface area (Å²) in [5.74, 6) is 0. The molecule has 0 aliphatic carbocycles. The Hall–Kier alpha value is -0.670. The summed E-state index contributed by atoms with van der Waals surface area (Å²) in [6.07, 6.45) is 1.97. The van der Waals surface area contributed by atoms with Gasteiger partial charge >= 0.3 is 0 Å². The molecule has 0 saturated carbocycles. The van der Waals surface area contributed by atoms with Crippen LogP contribution in [0.5, 0.6) is 0 Å². The van der Waals surface area contributed by atoms with Crippen LogP contribution in [0.15, 0.2) is 18.3 Å². The first-order chi connectivity index (χ1) is 6.89. The van der Waals surface area contributed by atoms with Gasteiger partial charge in [0.25, 0.3) is 0 Å². The first kappa shape index (κ1) is 12.4. The van der Waals surface area contributed by atoms with Crippen molar-refractivity contribution in [3.05, 3.63) is 28.2 Å². The molecule has 1 heterocycles. The monoisotopic (exact) mass is 224 g/mol. The lowest BCUT2D eigenvalue weighted by atomic mass is 9.98. The van der Waals surface area contributed by atoms with Crippen molar-refractivity contribution < 1.29 is 0 Å². The van der Waals surface area contributed by atoms with Crippen LogP contribution in [0.3, 0.4) is 0 Å². The molecule has 1 N–H and O–H groups in total. The summed E-state index contributed by atoms with van der Waals surface area (Å²) in [7, 11) is 0. The van der Waals surface area contributed by atoms with Gasteiger partial charge in [0.2, 0.25) is 0 Å². The summed E-state index contributed by atoms with van der Waals surface area (Å²) >= 11 is 1.79. The fourth-order valence-corrected chi connectivity index (χ4v) is 2.07. The minimum atomic E-state index is 0.164. The SMILES string of the molecule is C=C(C)CNCc1cnc(C(C)(C)C)s1. The van der Waals surface area contributed by atoms with Gasteiger partial charge in [0, 0.05) is 29.6 Å². The zero-order chi connectivity index (χ0) is 11.5. The fourth-order valence-electron chi connectivity index (χ4n) is 1.14. The second-order valence-corrected chi connectivity index (χ2v) is 6.06. The Balaban J connectivity index is 2.50. The standard InChI is InChI=1S/C12H20N2S/c1-9(2)6-13-7-10-8-14-11(15-10)12(3,4)5/h8,13H,1,6-7H2,2-5H3. The Morgan fingerprint density at radius 1 is 1.53 bits per heavy atom. The maximum absolute atomic E-state index is 4.44. The van der Waals surface area contributed by atoms with Crippen LogP contribution in [0.25, 0.3) is 0 Å². The minimum Gasteiger partial charge on any atom is -0.308 e. The molecule has 0 aromatic carbocycles. The van der Waals surface area contributed by atoms with Crippen molar-refractivity contribution in [3.8, 4) is 0 Å². The summed E-state index contributed by atoms with van der Waals surface area (Å²) < 4.78 is 0. The molecule has 15 heavy (non-hydrogen) atoms. The average Bonchev–Trinajstić information content (AvgIpc) is 2.51. The number of thiazole rings is 1. The van der Waals surface area contributed by atoms with Crippen molar-refractivity contribution in [2.75, 3.05) is 6.54 Å². The number of hydrogen-bond donors (Lipinski definition) is 1. The van der Waals surface area contributed by atoms with Crippen molar-refractivity contribution in [3.63, 3.8) is 0 Å². The van der Waals surface area contributed by atoms with Crippen molar-refractivity contribution in [1.82, 2.24) is 10.3 Å². The van der Waals surface area contributed by atoms with E-state index in [0.717, 1.165) is 18.7 Å². The summed E-state index contributed by atoms with van der Waals surface area (Å²) in [5, 5.41) is 4.54. The zero-order valence-electron chi connectivity index (χ0n) is 10.1. The quantitative estimate of drug-likeness (QED) is 0.795. The second-order valence-electron chi connectivity index (χ2n) is 4.94. The molecular weight excluding hydrogens is 204 g/mol. The van der Waals surface area contributed by atoms with Crippen molar-refractivity contribution in [2.45, 2.75) is 39.7 Å². The van der Waals surface area contributed by atoms with Gasteiger partial charge in [-0.2, -0.15) is 0 Å². The van der Waals surface area contributed by atoms with Crippen LogP contribution in [-0.4, -0.2) is 11.5 Å².